The van der Waals surface area contributed by atoms with Crippen LogP contribution in [0.25, 0.3) is 0 Å². The number of anilines is 2. The van der Waals surface area contributed by atoms with E-state index < -0.39 is 10.0 Å². The monoisotopic (exact) mass is 424 g/mol. The third-order valence-corrected chi connectivity index (χ3v) is 6.34. The summed E-state index contributed by atoms with van der Waals surface area (Å²) in [5.74, 6) is 0.450. The zero-order chi connectivity index (χ0) is 21.6. The molecule has 6 nitrogen and oxygen atoms in total. The molecule has 0 heterocycles. The maximum Gasteiger partial charge on any atom is 0.264 e. The summed E-state index contributed by atoms with van der Waals surface area (Å²) >= 11 is 0. The summed E-state index contributed by atoms with van der Waals surface area (Å²) in [6.07, 6.45) is 0. The number of nitrogens with zero attached hydrogens (tertiary/aromatic N) is 1. The van der Waals surface area contributed by atoms with Crippen molar-refractivity contribution in [2.75, 3.05) is 16.2 Å². The van der Waals surface area contributed by atoms with Crippen LogP contribution >= 0.6 is 0 Å². The van der Waals surface area contributed by atoms with Gasteiger partial charge >= 0.3 is 0 Å². The molecule has 0 fully saturated rings. The van der Waals surface area contributed by atoms with Crippen LogP contribution in [0.1, 0.15) is 19.4 Å². The first kappa shape index (κ1) is 21.4. The molecule has 0 aliphatic heterocycles. The van der Waals surface area contributed by atoms with Crippen LogP contribution in [0, 0.1) is 0 Å². The van der Waals surface area contributed by atoms with Crippen molar-refractivity contribution < 1.29 is 17.9 Å². The van der Waals surface area contributed by atoms with Gasteiger partial charge < -0.3 is 10.1 Å². The van der Waals surface area contributed by atoms with E-state index in [4.69, 9.17) is 4.74 Å². The van der Waals surface area contributed by atoms with Crippen molar-refractivity contribution in [2.24, 2.45) is 0 Å². The van der Waals surface area contributed by atoms with Gasteiger partial charge in [-0.15, -0.1) is 0 Å². The van der Waals surface area contributed by atoms with Crippen LogP contribution in [0.2, 0.25) is 0 Å². The highest BCUT2D eigenvalue weighted by atomic mass is 32.2. The minimum Gasteiger partial charge on any atom is -0.489 e. The summed E-state index contributed by atoms with van der Waals surface area (Å²) in [6, 6.07) is 22.9. The number of carbonyl (C=O) groups excluding carboxylic acids is 1. The molecular formula is C23H24N2O4S. The average Bonchev–Trinajstić information content (AvgIpc) is 2.74. The van der Waals surface area contributed by atoms with Crippen molar-refractivity contribution in [3.05, 3.63) is 84.4 Å². The Morgan fingerprint density at radius 1 is 0.933 bits per heavy atom. The Balaban J connectivity index is 1.74. The Hall–Kier alpha value is -3.32. The van der Waals surface area contributed by atoms with Crippen molar-refractivity contribution in [2.45, 2.75) is 25.3 Å². The molecule has 7 heteroatoms. The molecule has 3 aromatic rings. The second-order valence-electron chi connectivity index (χ2n) is 6.64. The molecule has 0 spiro atoms. The van der Waals surface area contributed by atoms with Crippen molar-refractivity contribution in [3.8, 4) is 5.75 Å². The molecule has 156 valence electrons. The summed E-state index contributed by atoms with van der Waals surface area (Å²) < 4.78 is 33.3. The SMILES string of the molecule is CCN(c1ccc(OCc2ccccc2)cc1)S(=O)(=O)c1ccc(NC(C)=O)cc1. The molecule has 1 N–H and O–H groups in total. The molecule has 0 aromatic heterocycles. The Labute approximate surface area is 177 Å². The molecular weight excluding hydrogens is 400 g/mol. The van der Waals surface area contributed by atoms with Gasteiger partial charge in [0.2, 0.25) is 5.91 Å². The predicted octanol–water partition coefficient (Wildman–Crippen LogP) is 4.44. The fourth-order valence-corrected chi connectivity index (χ4v) is 4.46. The smallest absolute Gasteiger partial charge is 0.264 e. The molecule has 3 aromatic carbocycles. The second kappa shape index (κ2) is 9.45. The van der Waals surface area contributed by atoms with Gasteiger partial charge in [-0.05, 0) is 61.0 Å². The van der Waals surface area contributed by atoms with E-state index in [0.717, 1.165) is 5.56 Å². The number of ether oxygens (including phenoxy) is 1. The molecule has 0 unspecified atom stereocenters. The molecule has 1 amide bonds. The maximum absolute atomic E-state index is 13.1. The molecule has 0 radical (unpaired) electrons. The van der Waals surface area contributed by atoms with Gasteiger partial charge in [-0.3, -0.25) is 9.10 Å². The zero-order valence-corrected chi connectivity index (χ0v) is 17.7. The lowest BCUT2D eigenvalue weighted by atomic mass is 10.2. The number of carbonyl (C=O) groups is 1. The molecule has 30 heavy (non-hydrogen) atoms. The summed E-state index contributed by atoms with van der Waals surface area (Å²) in [5, 5.41) is 2.63. The van der Waals surface area contributed by atoms with Gasteiger partial charge in [0, 0.05) is 19.2 Å². The van der Waals surface area contributed by atoms with E-state index in [9.17, 15) is 13.2 Å². The largest absolute Gasteiger partial charge is 0.489 e. The summed E-state index contributed by atoms with van der Waals surface area (Å²) in [7, 11) is -3.74. The summed E-state index contributed by atoms with van der Waals surface area (Å²) in [4.78, 5) is 11.3. The number of hydrogen-bond acceptors (Lipinski definition) is 4. The fraction of sp³-hybridized carbons (Fsp3) is 0.174. The first-order chi connectivity index (χ1) is 14.4. The van der Waals surface area contributed by atoms with Crippen LogP contribution in [0.5, 0.6) is 5.75 Å². The number of hydrogen-bond donors (Lipinski definition) is 1. The normalized spacial score (nSPS) is 11.0. The minimum absolute atomic E-state index is 0.155. The second-order valence-corrected chi connectivity index (χ2v) is 8.51. The standard InChI is InChI=1S/C23H24N2O4S/c1-3-25(30(27,28)23-15-9-20(10-16-23)24-18(2)26)21-11-13-22(14-12-21)29-17-19-7-5-4-6-8-19/h4-16H,3,17H2,1-2H3,(H,24,26). The van der Waals surface area contributed by atoms with Crippen LogP contribution in [-0.2, 0) is 21.4 Å². The third-order valence-electron chi connectivity index (χ3n) is 4.42. The highest BCUT2D eigenvalue weighted by molar-refractivity contribution is 7.92. The number of benzene rings is 3. The van der Waals surface area contributed by atoms with Crippen molar-refractivity contribution >= 4 is 27.3 Å². The predicted molar refractivity (Wildman–Crippen MR) is 118 cm³/mol. The van der Waals surface area contributed by atoms with Crippen LogP contribution in [0.15, 0.2) is 83.8 Å². The van der Waals surface area contributed by atoms with Gasteiger partial charge in [0.05, 0.1) is 10.6 Å². The minimum atomic E-state index is -3.74. The van der Waals surface area contributed by atoms with Crippen LogP contribution in [-0.4, -0.2) is 20.9 Å². The average molecular weight is 425 g/mol. The Bertz CT molecular complexity index is 1080. The van der Waals surface area contributed by atoms with E-state index in [0.29, 0.717) is 23.7 Å². The van der Waals surface area contributed by atoms with E-state index in [1.54, 1.807) is 43.3 Å². The summed E-state index contributed by atoms with van der Waals surface area (Å²) in [6.45, 7) is 3.90. The molecule has 0 bridgehead atoms. The lowest BCUT2D eigenvalue weighted by Crippen LogP contribution is -2.30. The van der Waals surface area contributed by atoms with Crippen LogP contribution in [0.3, 0.4) is 0 Å². The zero-order valence-electron chi connectivity index (χ0n) is 16.9. The number of nitrogens with one attached hydrogen (secondary N) is 1. The highest BCUT2D eigenvalue weighted by Crippen LogP contribution is 2.26. The molecule has 0 saturated carbocycles. The number of amides is 1. The summed E-state index contributed by atoms with van der Waals surface area (Å²) in [5.41, 5.74) is 2.15. The van der Waals surface area contributed by atoms with Gasteiger partial charge in [-0.25, -0.2) is 8.42 Å². The number of rotatable bonds is 8. The Kier molecular flexibility index (Phi) is 6.74. The maximum atomic E-state index is 13.1. The van der Waals surface area contributed by atoms with Gasteiger partial charge in [-0.2, -0.15) is 0 Å². The lowest BCUT2D eigenvalue weighted by Gasteiger charge is -2.23. The van der Waals surface area contributed by atoms with E-state index in [2.05, 4.69) is 5.32 Å². The fourth-order valence-electron chi connectivity index (χ4n) is 2.98. The van der Waals surface area contributed by atoms with Gasteiger partial charge in [0.1, 0.15) is 12.4 Å². The van der Waals surface area contributed by atoms with Gasteiger partial charge in [-0.1, -0.05) is 30.3 Å². The molecule has 0 aliphatic carbocycles. The van der Waals surface area contributed by atoms with E-state index in [1.807, 2.05) is 30.3 Å². The molecule has 0 aliphatic rings. The van der Waals surface area contributed by atoms with Crippen molar-refractivity contribution in [1.29, 1.82) is 0 Å². The highest BCUT2D eigenvalue weighted by Gasteiger charge is 2.23. The van der Waals surface area contributed by atoms with Gasteiger partial charge in [0.25, 0.3) is 10.0 Å². The lowest BCUT2D eigenvalue weighted by molar-refractivity contribution is -0.114. The van der Waals surface area contributed by atoms with Crippen LogP contribution < -0.4 is 14.4 Å². The van der Waals surface area contributed by atoms with E-state index in [-0.39, 0.29) is 17.3 Å². The quantitative estimate of drug-likeness (QED) is 0.580. The topological polar surface area (TPSA) is 75.7 Å². The van der Waals surface area contributed by atoms with Gasteiger partial charge in [0.15, 0.2) is 0 Å². The van der Waals surface area contributed by atoms with Crippen molar-refractivity contribution in [3.63, 3.8) is 0 Å². The van der Waals surface area contributed by atoms with E-state index >= 15 is 0 Å². The number of sulfonamides is 1. The molecule has 3 rings (SSSR count). The first-order valence-corrected chi connectivity index (χ1v) is 11.0. The third kappa shape index (κ3) is 5.18. The first-order valence-electron chi connectivity index (χ1n) is 9.57. The van der Waals surface area contributed by atoms with Crippen molar-refractivity contribution in [1.82, 2.24) is 0 Å². The Morgan fingerprint density at radius 3 is 2.13 bits per heavy atom. The van der Waals surface area contributed by atoms with E-state index in [1.165, 1.54) is 23.4 Å². The van der Waals surface area contributed by atoms with Crippen LogP contribution in [0.4, 0.5) is 11.4 Å². The Morgan fingerprint density at radius 2 is 1.57 bits per heavy atom. The molecule has 0 atom stereocenters. The molecule has 0 saturated heterocycles.